The summed E-state index contributed by atoms with van der Waals surface area (Å²) >= 11 is 16.4. The van der Waals surface area contributed by atoms with Crippen molar-refractivity contribution in [1.82, 2.24) is 10.6 Å². The molecule has 0 saturated carbocycles. The highest BCUT2D eigenvalue weighted by molar-refractivity contribution is 9.11. The van der Waals surface area contributed by atoms with Gasteiger partial charge in [-0.3, -0.25) is 15.1 Å². The van der Waals surface area contributed by atoms with Gasteiger partial charge >= 0.3 is 0 Å². The summed E-state index contributed by atoms with van der Waals surface area (Å²) in [5.74, 6) is 0.713. The van der Waals surface area contributed by atoms with Crippen LogP contribution in [-0.4, -0.2) is 39.6 Å². The van der Waals surface area contributed by atoms with E-state index in [1.807, 2.05) is 0 Å². The van der Waals surface area contributed by atoms with Crippen LogP contribution in [0.5, 0.6) is 0 Å². The number of rotatable bonds is 6. The number of carbonyl (C=O) groups is 1. The van der Waals surface area contributed by atoms with Gasteiger partial charge in [-0.2, -0.15) is 5.26 Å². The fraction of sp³-hybridized carbons (Fsp3) is 0.667. The average Bonchev–Trinajstić information content (AvgIpc) is 2.32. The number of ketones is 1. The molecule has 18 heavy (non-hydrogen) atoms. The third-order valence-electron chi connectivity index (χ3n) is 1.81. The number of guanidine groups is 1. The van der Waals surface area contributed by atoms with Crippen LogP contribution >= 0.6 is 50.9 Å². The van der Waals surface area contributed by atoms with Crippen molar-refractivity contribution in [1.29, 1.82) is 5.26 Å². The molecule has 1 atom stereocenters. The topological polar surface area (TPSA) is 77.3 Å². The molecule has 0 bridgehead atoms. The molecule has 0 heterocycles. The molecule has 0 saturated heterocycles. The maximum absolute atomic E-state index is 11.2. The third kappa shape index (κ3) is 6.14. The quantitative estimate of drug-likeness (QED) is 0.185. The van der Waals surface area contributed by atoms with Gasteiger partial charge in [-0.05, 0) is 6.92 Å². The smallest absolute Gasteiger partial charge is 0.204 e. The van der Waals surface area contributed by atoms with Crippen LogP contribution in [0.15, 0.2) is 4.99 Å². The van der Waals surface area contributed by atoms with E-state index in [2.05, 4.69) is 31.6 Å². The molecule has 0 aliphatic heterocycles. The predicted octanol–water partition coefficient (Wildman–Crippen LogP) is 1.85. The van der Waals surface area contributed by atoms with Gasteiger partial charge in [0.25, 0.3) is 0 Å². The Kier molecular flexibility index (Phi) is 8.78. The lowest BCUT2D eigenvalue weighted by molar-refractivity contribution is -0.117. The SMILES string of the molecule is CN=C(NC#N)NCCSC(Br)C(Cl)(Cl)C(C)=O. The summed E-state index contributed by atoms with van der Waals surface area (Å²) in [5, 5.41) is 13.7. The minimum Gasteiger partial charge on any atom is -0.355 e. The highest BCUT2D eigenvalue weighted by Gasteiger charge is 2.38. The number of hydrogen-bond acceptors (Lipinski definition) is 4. The number of halogens is 3. The van der Waals surface area contributed by atoms with E-state index >= 15 is 0 Å². The van der Waals surface area contributed by atoms with E-state index in [1.54, 1.807) is 13.2 Å². The molecule has 102 valence electrons. The number of Topliss-reactive ketones (excluding diaryl/α,β-unsaturated/α-hetero) is 1. The summed E-state index contributed by atoms with van der Waals surface area (Å²) in [6.07, 6.45) is 1.76. The van der Waals surface area contributed by atoms with Crippen LogP contribution in [0.25, 0.3) is 0 Å². The van der Waals surface area contributed by atoms with Gasteiger partial charge in [-0.25, -0.2) is 0 Å². The Morgan fingerprint density at radius 1 is 1.67 bits per heavy atom. The summed E-state index contributed by atoms with van der Waals surface area (Å²) in [5.41, 5.74) is 0. The highest BCUT2D eigenvalue weighted by atomic mass is 79.9. The molecule has 5 nitrogen and oxygen atoms in total. The Morgan fingerprint density at radius 3 is 2.72 bits per heavy atom. The zero-order valence-corrected chi connectivity index (χ0v) is 13.8. The summed E-state index contributed by atoms with van der Waals surface area (Å²) in [7, 11) is 1.56. The first-order valence-corrected chi connectivity index (χ1v) is 7.58. The van der Waals surface area contributed by atoms with E-state index < -0.39 is 8.49 Å². The van der Waals surface area contributed by atoms with Gasteiger partial charge in [0.1, 0.15) is 4.16 Å². The van der Waals surface area contributed by atoms with Gasteiger partial charge in [0.05, 0.1) is 0 Å². The fourth-order valence-electron chi connectivity index (χ4n) is 0.828. The molecule has 0 spiro atoms. The van der Waals surface area contributed by atoms with E-state index in [0.717, 1.165) is 0 Å². The molecule has 0 aliphatic carbocycles. The van der Waals surface area contributed by atoms with Crippen molar-refractivity contribution in [2.24, 2.45) is 4.99 Å². The van der Waals surface area contributed by atoms with Gasteiger partial charge in [0.2, 0.25) is 5.96 Å². The Labute approximate surface area is 129 Å². The number of nitrogens with zero attached hydrogens (tertiary/aromatic N) is 2. The number of aliphatic imine (C=N–C) groups is 1. The van der Waals surface area contributed by atoms with Crippen LogP contribution in [-0.2, 0) is 4.79 Å². The van der Waals surface area contributed by atoms with Crippen LogP contribution in [0.4, 0.5) is 0 Å². The van der Waals surface area contributed by atoms with Crippen molar-refractivity contribution < 1.29 is 4.79 Å². The van der Waals surface area contributed by atoms with Crippen molar-refractivity contribution in [3.8, 4) is 6.19 Å². The van der Waals surface area contributed by atoms with E-state index in [1.165, 1.54) is 18.7 Å². The predicted molar refractivity (Wildman–Crippen MR) is 80.4 cm³/mol. The Bertz CT molecular complexity index is 359. The lowest BCUT2D eigenvalue weighted by atomic mass is 10.3. The zero-order valence-electron chi connectivity index (χ0n) is 9.84. The standard InChI is InChI=1S/C9H13BrCl2N4OS/c1-6(17)9(11,12)7(10)18-4-3-15-8(14-2)16-5-13/h7H,3-4H2,1-2H3,(H2,14,15,16). The van der Waals surface area contributed by atoms with Gasteiger partial charge < -0.3 is 5.32 Å². The summed E-state index contributed by atoms with van der Waals surface area (Å²) < 4.78 is -1.85. The Hall–Kier alpha value is -0.160. The second-order valence-corrected chi connectivity index (χ2v) is 7.22. The first-order valence-electron chi connectivity index (χ1n) is 4.86. The number of nitriles is 1. The number of thioether (sulfide) groups is 1. The van der Waals surface area contributed by atoms with Crippen LogP contribution in [0, 0.1) is 11.5 Å². The van der Waals surface area contributed by atoms with Crippen molar-refractivity contribution in [2.75, 3.05) is 19.3 Å². The van der Waals surface area contributed by atoms with Gasteiger partial charge in [-0.1, -0.05) is 39.1 Å². The molecular weight excluding hydrogens is 363 g/mol. The first-order chi connectivity index (χ1) is 8.36. The molecule has 0 aromatic rings. The van der Waals surface area contributed by atoms with Crippen LogP contribution in [0.1, 0.15) is 6.92 Å². The number of nitrogens with one attached hydrogen (secondary N) is 2. The van der Waals surface area contributed by atoms with Crippen LogP contribution < -0.4 is 10.6 Å². The second-order valence-electron chi connectivity index (χ2n) is 3.10. The van der Waals surface area contributed by atoms with Crippen LogP contribution in [0.3, 0.4) is 0 Å². The lowest BCUT2D eigenvalue weighted by Gasteiger charge is -2.22. The molecule has 0 rings (SSSR count). The van der Waals surface area contributed by atoms with E-state index in [9.17, 15) is 4.79 Å². The summed E-state index contributed by atoms with van der Waals surface area (Å²) in [4.78, 5) is 15.0. The molecule has 9 heteroatoms. The zero-order chi connectivity index (χ0) is 14.2. The Morgan fingerprint density at radius 2 is 2.28 bits per heavy atom. The number of hydrogen-bond donors (Lipinski definition) is 2. The third-order valence-corrected chi connectivity index (χ3v) is 6.13. The van der Waals surface area contributed by atoms with Crippen molar-refractivity contribution in [3.05, 3.63) is 0 Å². The van der Waals surface area contributed by atoms with Crippen molar-refractivity contribution >= 4 is 62.6 Å². The molecule has 0 aliphatic rings. The minimum atomic E-state index is -1.45. The normalized spacial score (nSPS) is 13.7. The number of alkyl halides is 3. The monoisotopic (exact) mass is 374 g/mol. The van der Waals surface area contributed by atoms with Crippen LogP contribution in [0.2, 0.25) is 0 Å². The molecule has 2 N–H and O–H groups in total. The molecule has 0 aromatic carbocycles. The maximum atomic E-state index is 11.2. The molecule has 0 radical (unpaired) electrons. The van der Waals surface area contributed by atoms with E-state index in [0.29, 0.717) is 18.3 Å². The lowest BCUT2D eigenvalue weighted by Crippen LogP contribution is -2.36. The largest absolute Gasteiger partial charge is 0.355 e. The summed E-state index contributed by atoms with van der Waals surface area (Å²) in [6, 6.07) is 0. The van der Waals surface area contributed by atoms with Crippen molar-refractivity contribution in [3.63, 3.8) is 0 Å². The molecule has 0 amide bonds. The highest BCUT2D eigenvalue weighted by Crippen LogP contribution is 2.38. The van der Waals surface area contributed by atoms with Gasteiger partial charge in [-0.15, -0.1) is 11.8 Å². The van der Waals surface area contributed by atoms with Crippen molar-refractivity contribution in [2.45, 2.75) is 15.4 Å². The second kappa shape index (κ2) is 8.86. The fourth-order valence-corrected chi connectivity index (χ4v) is 2.89. The van der Waals surface area contributed by atoms with Gasteiger partial charge in [0.15, 0.2) is 16.3 Å². The average molecular weight is 376 g/mol. The maximum Gasteiger partial charge on any atom is 0.204 e. The molecular formula is C9H13BrCl2N4OS. The first kappa shape index (κ1) is 17.8. The molecule has 0 aromatic heterocycles. The van der Waals surface area contributed by atoms with E-state index in [4.69, 9.17) is 28.5 Å². The van der Waals surface area contributed by atoms with Gasteiger partial charge in [0, 0.05) is 19.3 Å². The molecule has 0 fully saturated rings. The number of carbonyl (C=O) groups excluding carboxylic acids is 1. The molecule has 1 unspecified atom stereocenters. The Balaban J connectivity index is 4.00. The summed E-state index contributed by atoms with van der Waals surface area (Å²) in [6.45, 7) is 1.89. The van der Waals surface area contributed by atoms with E-state index in [-0.39, 0.29) is 5.78 Å². The minimum absolute atomic E-state index is 0.310.